The number of hydrogen-bond donors (Lipinski definition) is 3. The second-order valence-corrected chi connectivity index (χ2v) is 6.46. The van der Waals surface area contributed by atoms with Gasteiger partial charge in [-0.25, -0.2) is 4.79 Å². The fourth-order valence-corrected chi connectivity index (χ4v) is 3.45. The molecule has 0 aliphatic carbocycles. The van der Waals surface area contributed by atoms with Crippen molar-refractivity contribution in [3.05, 3.63) is 54.1 Å². The van der Waals surface area contributed by atoms with Crippen LogP contribution < -0.4 is 10.1 Å². The van der Waals surface area contributed by atoms with Crippen molar-refractivity contribution >= 4 is 58.9 Å². The van der Waals surface area contributed by atoms with Crippen molar-refractivity contribution in [2.24, 2.45) is 0 Å². The summed E-state index contributed by atoms with van der Waals surface area (Å²) >= 11 is 1.17. The Labute approximate surface area is 178 Å². The van der Waals surface area contributed by atoms with Gasteiger partial charge in [-0.05, 0) is 29.8 Å². The van der Waals surface area contributed by atoms with Gasteiger partial charge in [0.15, 0.2) is 6.10 Å². The monoisotopic (exact) mass is 385 g/mol. The molecule has 1 amide bonds. The molecule has 26 heavy (non-hydrogen) atoms. The van der Waals surface area contributed by atoms with E-state index >= 15 is 0 Å². The number of nitrogens with one attached hydrogen (secondary N) is 1. The quantitative estimate of drug-likeness (QED) is 0.500. The van der Waals surface area contributed by atoms with Crippen molar-refractivity contribution in [1.82, 2.24) is 0 Å². The number of methoxy groups -OCH3 is 1. The summed E-state index contributed by atoms with van der Waals surface area (Å²) in [4.78, 5) is 23.4. The van der Waals surface area contributed by atoms with E-state index in [1.807, 2.05) is 0 Å². The topological polar surface area (TPSA) is 95.9 Å². The molecule has 2 aromatic rings. The number of hydrogen-bond acceptors (Lipinski definition) is 5. The number of benzene rings is 2. The number of ether oxygens (including phenoxy) is 1. The molecular formula is C18H20NNaO5S. The van der Waals surface area contributed by atoms with E-state index in [4.69, 9.17) is 4.74 Å². The predicted octanol–water partition coefficient (Wildman–Crippen LogP) is 2.28. The molecule has 0 unspecified atom stereocenters. The number of carboxylic acids is 1. The summed E-state index contributed by atoms with van der Waals surface area (Å²) in [5, 5.41) is 21.4. The number of thioether (sulfide) groups is 1. The zero-order valence-electron chi connectivity index (χ0n) is 13.8. The van der Waals surface area contributed by atoms with Gasteiger partial charge in [-0.2, -0.15) is 0 Å². The van der Waals surface area contributed by atoms with E-state index in [-0.39, 0.29) is 35.5 Å². The number of carboxylic acid groups (broad SMARTS) is 1. The van der Waals surface area contributed by atoms with Crippen molar-refractivity contribution in [2.45, 2.75) is 23.2 Å². The summed E-state index contributed by atoms with van der Waals surface area (Å²) < 4.78 is 5.10. The molecule has 2 aromatic carbocycles. The van der Waals surface area contributed by atoms with Gasteiger partial charge in [-0.1, -0.05) is 24.3 Å². The Morgan fingerprint density at radius 1 is 1.12 bits per heavy atom. The van der Waals surface area contributed by atoms with E-state index in [0.717, 1.165) is 0 Å². The van der Waals surface area contributed by atoms with Crippen molar-refractivity contribution in [3.8, 4) is 5.75 Å². The molecule has 3 N–H and O–H groups in total. The van der Waals surface area contributed by atoms with Gasteiger partial charge in [0.25, 0.3) is 0 Å². The van der Waals surface area contributed by atoms with Crippen molar-refractivity contribution in [1.29, 1.82) is 0 Å². The van der Waals surface area contributed by atoms with Crippen LogP contribution >= 0.6 is 11.8 Å². The van der Waals surface area contributed by atoms with E-state index in [9.17, 15) is 19.8 Å². The van der Waals surface area contributed by atoms with Gasteiger partial charge in [0.2, 0.25) is 5.91 Å². The van der Waals surface area contributed by atoms with E-state index < -0.39 is 17.3 Å². The van der Waals surface area contributed by atoms with Crippen molar-refractivity contribution in [3.63, 3.8) is 0 Å². The number of aliphatic hydroxyl groups excluding tert-OH is 1. The molecule has 0 bridgehead atoms. The maximum absolute atomic E-state index is 11.4. The first kappa shape index (κ1) is 22.5. The number of amides is 1. The molecule has 0 aliphatic rings. The first-order valence-corrected chi connectivity index (χ1v) is 8.38. The Balaban J connectivity index is 0.00000338. The second kappa shape index (κ2) is 10.6. The fraction of sp³-hybridized carbons (Fsp3) is 0.222. The van der Waals surface area contributed by atoms with Gasteiger partial charge >= 0.3 is 35.5 Å². The molecule has 0 radical (unpaired) electrons. The van der Waals surface area contributed by atoms with Crippen LogP contribution in [0.25, 0.3) is 0 Å². The van der Waals surface area contributed by atoms with Gasteiger partial charge in [0.1, 0.15) is 5.75 Å². The Morgan fingerprint density at radius 3 is 2.27 bits per heavy atom. The standard InChI is InChI=1S/C18H19NO5S.Na.H/c1-11(20)19-14-5-3-4-6-15(14)25-17(16(21)18(22)23)12-7-9-13(24-2)10-8-12;;/h3-10,16-17,21H,1-2H3,(H,19,20)(H,22,23);;/t16-,17+;;/m1../s1. The molecule has 0 fully saturated rings. The molecule has 6 nitrogen and oxygen atoms in total. The molecule has 0 heterocycles. The third kappa shape index (κ3) is 6.03. The fourth-order valence-electron chi connectivity index (χ4n) is 2.24. The van der Waals surface area contributed by atoms with Crippen LogP contribution in [0.4, 0.5) is 5.69 Å². The summed E-state index contributed by atoms with van der Waals surface area (Å²) in [5.74, 6) is -0.908. The third-order valence-electron chi connectivity index (χ3n) is 3.44. The van der Waals surface area contributed by atoms with Gasteiger partial charge in [-0.3, -0.25) is 4.79 Å². The molecule has 2 atom stereocenters. The van der Waals surface area contributed by atoms with Gasteiger partial charge < -0.3 is 20.3 Å². The van der Waals surface area contributed by atoms with Crippen LogP contribution in [-0.4, -0.2) is 64.9 Å². The minimum absolute atomic E-state index is 0. The minimum atomic E-state index is -1.61. The van der Waals surface area contributed by atoms with Gasteiger partial charge in [0.05, 0.1) is 18.0 Å². The normalized spacial score (nSPS) is 12.4. The number of carbonyl (C=O) groups is 2. The van der Waals surface area contributed by atoms with Crippen LogP contribution in [0.15, 0.2) is 53.4 Å². The van der Waals surface area contributed by atoms with Gasteiger partial charge in [-0.15, -0.1) is 11.8 Å². The van der Waals surface area contributed by atoms with Crippen LogP contribution in [0.2, 0.25) is 0 Å². The van der Waals surface area contributed by atoms with Crippen LogP contribution in [0, 0.1) is 0 Å². The molecule has 2 rings (SSSR count). The maximum atomic E-state index is 11.4. The summed E-state index contributed by atoms with van der Waals surface area (Å²) in [6, 6.07) is 13.9. The van der Waals surface area contributed by atoms with E-state index in [0.29, 0.717) is 21.9 Å². The molecule has 0 saturated heterocycles. The zero-order valence-corrected chi connectivity index (χ0v) is 14.6. The van der Waals surface area contributed by atoms with Gasteiger partial charge in [0, 0.05) is 11.8 Å². The first-order chi connectivity index (χ1) is 11.9. The molecule has 0 spiro atoms. The SMILES string of the molecule is COc1ccc([C@H](Sc2ccccc2NC(C)=O)[C@@H](O)C(=O)O)cc1.[NaH]. The van der Waals surface area contributed by atoms with E-state index in [2.05, 4.69) is 5.32 Å². The number of aliphatic hydroxyl groups is 1. The van der Waals surface area contributed by atoms with Crippen molar-refractivity contribution in [2.75, 3.05) is 12.4 Å². The molecule has 0 saturated carbocycles. The second-order valence-electron chi connectivity index (χ2n) is 5.27. The van der Waals surface area contributed by atoms with Crippen LogP contribution in [-0.2, 0) is 9.59 Å². The molecule has 8 heteroatoms. The molecule has 0 aliphatic heterocycles. The Bertz CT molecular complexity index is 754. The van der Waals surface area contributed by atoms with E-state index in [1.165, 1.54) is 25.8 Å². The average molecular weight is 385 g/mol. The number of carbonyl (C=O) groups excluding carboxylic acids is 1. The number of rotatable bonds is 7. The summed E-state index contributed by atoms with van der Waals surface area (Å²) in [7, 11) is 1.54. The summed E-state index contributed by atoms with van der Waals surface area (Å²) in [6.45, 7) is 1.40. The Hall–Kier alpha value is -1.51. The first-order valence-electron chi connectivity index (χ1n) is 7.50. The number of anilines is 1. The van der Waals surface area contributed by atoms with Crippen LogP contribution in [0.1, 0.15) is 17.7 Å². The Kier molecular flexibility index (Phi) is 9.18. The molecule has 134 valence electrons. The van der Waals surface area contributed by atoms with Crippen LogP contribution in [0.5, 0.6) is 5.75 Å². The van der Waals surface area contributed by atoms with E-state index in [1.54, 1.807) is 48.5 Å². The average Bonchev–Trinajstić information content (AvgIpc) is 2.60. The Morgan fingerprint density at radius 2 is 1.73 bits per heavy atom. The van der Waals surface area contributed by atoms with Crippen LogP contribution in [0.3, 0.4) is 0 Å². The summed E-state index contributed by atoms with van der Waals surface area (Å²) in [5.41, 5.74) is 1.20. The number of para-hydroxylation sites is 1. The third-order valence-corrected chi connectivity index (χ3v) is 4.83. The predicted molar refractivity (Wildman–Crippen MR) is 103 cm³/mol. The number of aliphatic carboxylic acids is 1. The van der Waals surface area contributed by atoms with Crippen molar-refractivity contribution < 1.29 is 24.5 Å². The molecular weight excluding hydrogens is 365 g/mol. The zero-order chi connectivity index (χ0) is 18.4. The summed E-state index contributed by atoms with van der Waals surface area (Å²) in [6.07, 6.45) is -1.61. The molecule has 0 aromatic heterocycles.